The molecule has 9 nitrogen and oxygen atoms in total. The lowest BCUT2D eigenvalue weighted by molar-refractivity contribution is -0.870. The number of likely N-dealkylation sites (N-methyl/N-ethyl adjacent to an activating group) is 1. The van der Waals surface area contributed by atoms with Gasteiger partial charge in [0.15, 0.2) is 6.10 Å². The highest BCUT2D eigenvalue weighted by Gasteiger charge is 2.21. The number of hydrogen-bond donors (Lipinski definition) is 0. The van der Waals surface area contributed by atoms with Gasteiger partial charge in [-0.05, 0) is 44.9 Å². The van der Waals surface area contributed by atoms with Gasteiger partial charge in [-0.15, -0.1) is 0 Å². The molecular weight excluding hydrogens is 677 g/mol. The van der Waals surface area contributed by atoms with Crippen molar-refractivity contribution in [3.05, 3.63) is 24.3 Å². The Morgan fingerprint density at radius 2 is 1.04 bits per heavy atom. The summed E-state index contributed by atoms with van der Waals surface area (Å²) < 4.78 is 33.8. The van der Waals surface area contributed by atoms with E-state index in [1.807, 2.05) is 21.1 Å². The Bertz CT molecular complexity index is 949. The van der Waals surface area contributed by atoms with Crippen molar-refractivity contribution in [2.45, 2.75) is 187 Å². The third-order valence-corrected chi connectivity index (χ3v) is 9.94. The number of unbranched alkanes of at least 4 members (excludes halogenated alkanes) is 20. The molecule has 10 heteroatoms. The van der Waals surface area contributed by atoms with Crippen LogP contribution in [-0.4, -0.2) is 70.0 Å². The van der Waals surface area contributed by atoms with Gasteiger partial charge in [0.2, 0.25) is 0 Å². The lowest BCUT2D eigenvalue weighted by Crippen LogP contribution is -2.37. The Morgan fingerprint density at radius 1 is 0.596 bits per heavy atom. The van der Waals surface area contributed by atoms with E-state index in [1.165, 1.54) is 96.3 Å². The van der Waals surface area contributed by atoms with Crippen molar-refractivity contribution in [1.82, 2.24) is 0 Å². The maximum atomic E-state index is 12.6. The molecule has 0 amide bonds. The summed E-state index contributed by atoms with van der Waals surface area (Å²) >= 11 is 0. The summed E-state index contributed by atoms with van der Waals surface area (Å²) in [5.74, 6) is -0.841. The first-order valence-electron chi connectivity index (χ1n) is 21.0. The molecule has 0 aromatic heterocycles. The van der Waals surface area contributed by atoms with E-state index in [-0.39, 0.29) is 32.0 Å². The minimum absolute atomic E-state index is 0.0309. The molecular formula is C42H80NO8P. The Hall–Kier alpha value is -1.51. The second-order valence-corrected chi connectivity index (χ2v) is 16.8. The molecule has 0 saturated carbocycles. The van der Waals surface area contributed by atoms with Crippen LogP contribution in [0, 0.1) is 0 Å². The van der Waals surface area contributed by atoms with Crippen molar-refractivity contribution in [3.63, 3.8) is 0 Å². The van der Waals surface area contributed by atoms with E-state index in [0.717, 1.165) is 51.4 Å². The number of hydrogen-bond acceptors (Lipinski definition) is 8. The summed E-state index contributed by atoms with van der Waals surface area (Å²) in [4.78, 5) is 37.4. The second kappa shape index (κ2) is 35.2. The summed E-state index contributed by atoms with van der Waals surface area (Å²) in [6.45, 7) is 4.18. The fraction of sp³-hybridized carbons (Fsp3) is 0.857. The largest absolute Gasteiger partial charge is 0.756 e. The van der Waals surface area contributed by atoms with Crippen molar-refractivity contribution < 1.29 is 42.1 Å². The number of rotatable bonds is 38. The van der Waals surface area contributed by atoms with Gasteiger partial charge in [0.05, 0.1) is 27.7 Å². The lowest BCUT2D eigenvalue weighted by atomic mass is 10.1. The second-order valence-electron chi connectivity index (χ2n) is 15.4. The first-order chi connectivity index (χ1) is 25.0. The summed E-state index contributed by atoms with van der Waals surface area (Å²) in [7, 11) is 1.16. The third-order valence-electron chi connectivity index (χ3n) is 8.97. The van der Waals surface area contributed by atoms with Crippen LogP contribution in [0.25, 0.3) is 0 Å². The predicted octanol–water partition coefficient (Wildman–Crippen LogP) is 10.9. The number of nitrogens with zero attached hydrogens (tertiary/aromatic N) is 1. The number of esters is 2. The zero-order chi connectivity index (χ0) is 38.6. The molecule has 306 valence electrons. The predicted molar refractivity (Wildman–Crippen MR) is 213 cm³/mol. The molecule has 0 saturated heterocycles. The maximum Gasteiger partial charge on any atom is 0.306 e. The van der Waals surface area contributed by atoms with Crippen molar-refractivity contribution in [1.29, 1.82) is 0 Å². The molecule has 0 aliphatic carbocycles. The van der Waals surface area contributed by atoms with Crippen LogP contribution in [0.4, 0.5) is 0 Å². The molecule has 0 fully saturated rings. The zero-order valence-electron chi connectivity index (χ0n) is 34.3. The quantitative estimate of drug-likeness (QED) is 0.0201. The van der Waals surface area contributed by atoms with Crippen molar-refractivity contribution >= 4 is 19.8 Å². The van der Waals surface area contributed by atoms with Gasteiger partial charge in [0.1, 0.15) is 19.8 Å². The standard InChI is InChI=1S/C42H80NO8P/c1-6-8-10-12-14-16-18-19-20-21-22-23-25-27-29-31-33-35-42(45)51-40(39-50-52(46,47)49-37-36-43(3,4)5)38-48-41(44)34-32-30-28-26-24-17-15-13-11-9-7-2/h14,16,19-20,40H,6-13,15,17-18,21-39H2,1-5H3/b16-14+,20-19+/t40-/m1/s1. The number of carbonyl (C=O) groups is 2. The van der Waals surface area contributed by atoms with Crippen LogP contribution in [0.15, 0.2) is 24.3 Å². The van der Waals surface area contributed by atoms with Crippen molar-refractivity contribution in [3.8, 4) is 0 Å². The highest BCUT2D eigenvalue weighted by molar-refractivity contribution is 7.45. The van der Waals surface area contributed by atoms with Crippen LogP contribution in [0.3, 0.4) is 0 Å². The van der Waals surface area contributed by atoms with Crippen molar-refractivity contribution in [2.24, 2.45) is 0 Å². The van der Waals surface area contributed by atoms with E-state index < -0.39 is 26.5 Å². The molecule has 0 N–H and O–H groups in total. The van der Waals surface area contributed by atoms with Crippen LogP contribution in [0.2, 0.25) is 0 Å². The molecule has 52 heavy (non-hydrogen) atoms. The van der Waals surface area contributed by atoms with E-state index in [0.29, 0.717) is 17.4 Å². The highest BCUT2D eigenvalue weighted by Crippen LogP contribution is 2.38. The molecule has 0 aliphatic rings. The minimum Gasteiger partial charge on any atom is -0.756 e. The van der Waals surface area contributed by atoms with E-state index in [1.54, 1.807) is 0 Å². The SMILES string of the molecule is CCCCC/C=C/C/C=C/CCCCCCCCCC(=O)O[C@H](COC(=O)CCCCCCCCCCCCC)COP(=O)([O-])OCC[N+](C)(C)C. The molecule has 0 aliphatic heterocycles. The van der Waals surface area contributed by atoms with Crippen molar-refractivity contribution in [2.75, 3.05) is 47.5 Å². The average Bonchev–Trinajstić information content (AvgIpc) is 3.09. The van der Waals surface area contributed by atoms with Gasteiger partial charge < -0.3 is 27.9 Å². The van der Waals surface area contributed by atoms with Crippen LogP contribution in [0.1, 0.15) is 181 Å². The smallest absolute Gasteiger partial charge is 0.306 e. The summed E-state index contributed by atoms with van der Waals surface area (Å²) in [5.41, 5.74) is 0. The summed E-state index contributed by atoms with van der Waals surface area (Å²) in [6, 6.07) is 0. The summed E-state index contributed by atoms with van der Waals surface area (Å²) in [6.07, 6.45) is 36.2. The molecule has 0 spiro atoms. The van der Waals surface area contributed by atoms with Crippen LogP contribution < -0.4 is 4.89 Å². The van der Waals surface area contributed by atoms with Gasteiger partial charge in [-0.1, -0.05) is 147 Å². The molecule has 0 aromatic carbocycles. The number of allylic oxidation sites excluding steroid dienone is 4. The van der Waals surface area contributed by atoms with E-state index in [9.17, 15) is 19.0 Å². The highest BCUT2D eigenvalue weighted by atomic mass is 31.2. The van der Waals surface area contributed by atoms with Crippen LogP contribution in [0.5, 0.6) is 0 Å². The van der Waals surface area contributed by atoms with E-state index in [4.69, 9.17) is 18.5 Å². The average molecular weight is 758 g/mol. The Balaban J connectivity index is 4.38. The molecule has 0 rings (SSSR count). The van der Waals surface area contributed by atoms with Crippen LogP contribution >= 0.6 is 7.82 Å². The number of ether oxygens (including phenoxy) is 2. The minimum atomic E-state index is -4.62. The van der Waals surface area contributed by atoms with Gasteiger partial charge in [-0.25, -0.2) is 0 Å². The molecule has 2 atom stereocenters. The number of phosphoric acid groups is 1. The number of carbonyl (C=O) groups excluding carboxylic acids is 2. The number of phosphoric ester groups is 1. The monoisotopic (exact) mass is 758 g/mol. The van der Waals surface area contributed by atoms with Gasteiger partial charge in [0.25, 0.3) is 7.82 Å². The maximum absolute atomic E-state index is 12.6. The zero-order valence-corrected chi connectivity index (χ0v) is 35.2. The molecule has 0 radical (unpaired) electrons. The van der Waals surface area contributed by atoms with Gasteiger partial charge in [0, 0.05) is 12.8 Å². The first-order valence-corrected chi connectivity index (χ1v) is 22.5. The van der Waals surface area contributed by atoms with Gasteiger partial charge >= 0.3 is 11.9 Å². The van der Waals surface area contributed by atoms with E-state index >= 15 is 0 Å². The Kier molecular flexibility index (Phi) is 34.2. The topological polar surface area (TPSA) is 111 Å². The fourth-order valence-corrected chi connectivity index (χ4v) is 6.35. The normalized spacial score (nSPS) is 13.9. The molecule has 1 unspecified atom stereocenters. The van der Waals surface area contributed by atoms with E-state index in [2.05, 4.69) is 38.2 Å². The number of quaternary nitrogens is 1. The Labute approximate surface area is 319 Å². The Morgan fingerprint density at radius 3 is 1.56 bits per heavy atom. The first kappa shape index (κ1) is 50.5. The lowest BCUT2D eigenvalue weighted by Gasteiger charge is -2.28. The fourth-order valence-electron chi connectivity index (χ4n) is 5.63. The third kappa shape index (κ3) is 38.2. The molecule has 0 bridgehead atoms. The van der Waals surface area contributed by atoms with Crippen LogP contribution in [-0.2, 0) is 32.7 Å². The summed E-state index contributed by atoms with van der Waals surface area (Å²) in [5, 5.41) is 0. The molecule has 0 aromatic rings. The van der Waals surface area contributed by atoms with Gasteiger partial charge in [-0.3, -0.25) is 14.2 Å². The molecule has 0 heterocycles. The van der Waals surface area contributed by atoms with Gasteiger partial charge in [-0.2, -0.15) is 0 Å².